The first-order valence-electron chi connectivity index (χ1n) is 9.50. The van der Waals surface area contributed by atoms with Gasteiger partial charge in [-0.25, -0.2) is 4.39 Å². The van der Waals surface area contributed by atoms with Crippen LogP contribution < -0.4 is 10.6 Å². The van der Waals surface area contributed by atoms with Gasteiger partial charge < -0.3 is 15.1 Å². The molecule has 0 saturated carbocycles. The van der Waals surface area contributed by atoms with E-state index in [1.807, 2.05) is 13.8 Å². The minimum Gasteiger partial charge on any atom is -0.461 e. The minimum absolute atomic E-state index is 0.181. The zero-order chi connectivity index (χ0) is 20.8. The van der Waals surface area contributed by atoms with E-state index in [2.05, 4.69) is 10.6 Å². The molecule has 0 aliphatic rings. The summed E-state index contributed by atoms with van der Waals surface area (Å²) in [5, 5.41) is 5.58. The van der Waals surface area contributed by atoms with Crippen LogP contribution in [-0.4, -0.2) is 18.4 Å². The molecule has 29 heavy (non-hydrogen) atoms. The van der Waals surface area contributed by atoms with Gasteiger partial charge in [-0.2, -0.15) is 0 Å². The van der Waals surface area contributed by atoms with E-state index in [9.17, 15) is 14.0 Å². The highest BCUT2D eigenvalue weighted by Crippen LogP contribution is 2.25. The van der Waals surface area contributed by atoms with Gasteiger partial charge in [-0.1, -0.05) is 18.2 Å². The maximum absolute atomic E-state index is 13.9. The summed E-state index contributed by atoms with van der Waals surface area (Å²) in [5.74, 6) is 0.313. The van der Waals surface area contributed by atoms with Crippen molar-refractivity contribution in [2.75, 3.05) is 11.9 Å². The summed E-state index contributed by atoms with van der Waals surface area (Å²) in [7, 11) is 0. The molecule has 0 fully saturated rings. The van der Waals surface area contributed by atoms with Gasteiger partial charge in [0.2, 0.25) is 5.91 Å². The Kier molecular flexibility index (Phi) is 6.44. The van der Waals surface area contributed by atoms with Crippen molar-refractivity contribution in [1.82, 2.24) is 5.32 Å². The van der Waals surface area contributed by atoms with Gasteiger partial charge in [0, 0.05) is 30.6 Å². The molecular formula is C23H23FN2O3. The number of carbonyl (C=O) groups is 2. The fourth-order valence-electron chi connectivity index (χ4n) is 2.93. The average molecular weight is 394 g/mol. The lowest BCUT2D eigenvalue weighted by Crippen LogP contribution is -2.23. The normalized spacial score (nSPS) is 10.6. The van der Waals surface area contributed by atoms with Gasteiger partial charge in [0.05, 0.1) is 5.56 Å². The summed E-state index contributed by atoms with van der Waals surface area (Å²) in [4.78, 5) is 24.3. The van der Waals surface area contributed by atoms with E-state index < -0.39 is 0 Å². The summed E-state index contributed by atoms with van der Waals surface area (Å²) in [5.41, 5.74) is 2.35. The molecule has 3 aromatic rings. The fraction of sp³-hybridized carbons (Fsp3) is 0.217. The lowest BCUT2D eigenvalue weighted by Gasteiger charge is -2.10. The van der Waals surface area contributed by atoms with Crippen LogP contribution in [0, 0.1) is 12.7 Å². The first kappa shape index (κ1) is 20.3. The van der Waals surface area contributed by atoms with Crippen LogP contribution in [0.1, 0.15) is 35.0 Å². The number of hydrogen-bond donors (Lipinski definition) is 2. The van der Waals surface area contributed by atoms with Crippen LogP contribution in [0.4, 0.5) is 10.1 Å². The Morgan fingerprint density at radius 1 is 1.07 bits per heavy atom. The van der Waals surface area contributed by atoms with Crippen molar-refractivity contribution in [3.05, 3.63) is 77.3 Å². The predicted molar refractivity (Wildman–Crippen MR) is 110 cm³/mol. The number of rotatable bonds is 7. The molecule has 0 spiro atoms. The molecule has 150 valence electrons. The van der Waals surface area contributed by atoms with E-state index in [1.165, 1.54) is 6.07 Å². The highest BCUT2D eigenvalue weighted by Gasteiger charge is 2.12. The molecule has 5 nitrogen and oxygen atoms in total. The Balaban J connectivity index is 1.62. The Bertz CT molecular complexity index is 1030. The van der Waals surface area contributed by atoms with Gasteiger partial charge in [-0.3, -0.25) is 9.59 Å². The third-order valence-electron chi connectivity index (χ3n) is 4.51. The van der Waals surface area contributed by atoms with Gasteiger partial charge in [0.1, 0.15) is 17.3 Å². The number of hydrogen-bond acceptors (Lipinski definition) is 3. The Labute approximate surface area is 168 Å². The van der Waals surface area contributed by atoms with Gasteiger partial charge in [0.15, 0.2) is 0 Å². The average Bonchev–Trinajstić information content (AvgIpc) is 3.17. The molecular weight excluding hydrogens is 371 g/mol. The van der Waals surface area contributed by atoms with Gasteiger partial charge >= 0.3 is 0 Å². The van der Waals surface area contributed by atoms with Crippen molar-refractivity contribution < 1.29 is 18.4 Å². The molecule has 0 aliphatic carbocycles. The number of aryl methyl sites for hydroxylation is 2. The second-order valence-electron chi connectivity index (χ2n) is 6.68. The first-order chi connectivity index (χ1) is 14.0. The predicted octanol–water partition coefficient (Wildman–Crippen LogP) is 4.72. The van der Waals surface area contributed by atoms with Gasteiger partial charge in [0.25, 0.3) is 5.91 Å². The molecule has 1 heterocycles. The van der Waals surface area contributed by atoms with Crippen molar-refractivity contribution in [2.24, 2.45) is 0 Å². The Hall–Kier alpha value is -3.41. The van der Waals surface area contributed by atoms with E-state index in [0.29, 0.717) is 41.3 Å². The minimum atomic E-state index is -0.353. The highest BCUT2D eigenvalue weighted by atomic mass is 19.1. The molecule has 1 aromatic heterocycles. The van der Waals surface area contributed by atoms with E-state index in [-0.39, 0.29) is 24.1 Å². The number of benzene rings is 2. The summed E-state index contributed by atoms with van der Waals surface area (Å²) in [6.07, 6.45) is 0.588. The standard InChI is InChI=1S/C23H23FN2O3/c1-3-25-23(28)16-9-8-15(2)20(14-16)26-22(27)13-11-17-10-12-21(29-17)18-6-4-5-7-19(18)24/h4-10,12,14H,3,11,13H2,1-2H3,(H,25,28)(H,26,27). The number of furan rings is 1. The van der Waals surface area contributed by atoms with Crippen molar-refractivity contribution in [1.29, 1.82) is 0 Å². The molecule has 6 heteroatoms. The van der Waals surface area contributed by atoms with E-state index in [1.54, 1.807) is 48.5 Å². The van der Waals surface area contributed by atoms with E-state index >= 15 is 0 Å². The molecule has 0 unspecified atom stereocenters. The molecule has 0 aliphatic heterocycles. The van der Waals surface area contributed by atoms with Crippen LogP contribution in [-0.2, 0) is 11.2 Å². The molecule has 2 N–H and O–H groups in total. The van der Waals surface area contributed by atoms with Crippen LogP contribution >= 0.6 is 0 Å². The molecule has 3 rings (SSSR count). The van der Waals surface area contributed by atoms with Crippen molar-refractivity contribution >= 4 is 17.5 Å². The van der Waals surface area contributed by atoms with E-state index in [4.69, 9.17) is 4.42 Å². The Morgan fingerprint density at radius 2 is 1.86 bits per heavy atom. The summed E-state index contributed by atoms with van der Waals surface area (Å²) < 4.78 is 19.5. The zero-order valence-corrected chi connectivity index (χ0v) is 16.4. The van der Waals surface area contributed by atoms with Crippen LogP contribution in [0.5, 0.6) is 0 Å². The highest BCUT2D eigenvalue weighted by molar-refractivity contribution is 5.97. The van der Waals surface area contributed by atoms with E-state index in [0.717, 1.165) is 5.56 Å². The molecule has 0 atom stereocenters. The maximum Gasteiger partial charge on any atom is 0.251 e. The van der Waals surface area contributed by atoms with Gasteiger partial charge in [-0.05, 0) is 55.8 Å². The smallest absolute Gasteiger partial charge is 0.251 e. The van der Waals surface area contributed by atoms with Crippen LogP contribution in [0.2, 0.25) is 0 Å². The number of nitrogens with one attached hydrogen (secondary N) is 2. The van der Waals surface area contributed by atoms with Gasteiger partial charge in [-0.15, -0.1) is 0 Å². The third-order valence-corrected chi connectivity index (χ3v) is 4.51. The summed E-state index contributed by atoms with van der Waals surface area (Å²) in [6, 6.07) is 15.0. The van der Waals surface area contributed by atoms with Crippen molar-refractivity contribution in [3.63, 3.8) is 0 Å². The lowest BCUT2D eigenvalue weighted by atomic mass is 10.1. The van der Waals surface area contributed by atoms with Crippen molar-refractivity contribution in [2.45, 2.75) is 26.7 Å². The quantitative estimate of drug-likeness (QED) is 0.609. The summed E-state index contributed by atoms with van der Waals surface area (Å²) in [6.45, 7) is 4.25. The summed E-state index contributed by atoms with van der Waals surface area (Å²) >= 11 is 0. The molecule has 2 aromatic carbocycles. The molecule has 0 saturated heterocycles. The lowest BCUT2D eigenvalue weighted by molar-refractivity contribution is -0.116. The monoisotopic (exact) mass is 394 g/mol. The number of halogens is 1. The second kappa shape index (κ2) is 9.19. The topological polar surface area (TPSA) is 71.3 Å². The maximum atomic E-state index is 13.9. The van der Waals surface area contributed by atoms with Crippen LogP contribution in [0.15, 0.2) is 59.0 Å². The largest absolute Gasteiger partial charge is 0.461 e. The number of anilines is 1. The van der Waals surface area contributed by atoms with Crippen molar-refractivity contribution in [3.8, 4) is 11.3 Å². The van der Waals surface area contributed by atoms with Crippen LogP contribution in [0.25, 0.3) is 11.3 Å². The molecule has 0 radical (unpaired) electrons. The molecule has 0 bridgehead atoms. The second-order valence-corrected chi connectivity index (χ2v) is 6.68. The third kappa shape index (κ3) is 5.10. The first-order valence-corrected chi connectivity index (χ1v) is 9.50. The number of amides is 2. The number of carbonyl (C=O) groups excluding carboxylic acids is 2. The molecule has 2 amide bonds. The van der Waals surface area contributed by atoms with Crippen LogP contribution in [0.3, 0.4) is 0 Å². The SMILES string of the molecule is CCNC(=O)c1ccc(C)c(NC(=O)CCc2ccc(-c3ccccc3F)o2)c1. The fourth-order valence-corrected chi connectivity index (χ4v) is 2.93. The zero-order valence-electron chi connectivity index (χ0n) is 16.4. The Morgan fingerprint density at radius 3 is 2.62 bits per heavy atom.